The van der Waals surface area contributed by atoms with Crippen LogP contribution >= 0.6 is 11.6 Å². The molecule has 14 heavy (non-hydrogen) atoms. The number of nitrogens with zero attached hydrogens (tertiary/aromatic N) is 1. The molecule has 1 heterocycles. The molecule has 3 nitrogen and oxygen atoms in total. The van der Waals surface area contributed by atoms with E-state index in [4.69, 9.17) is 17.3 Å². The van der Waals surface area contributed by atoms with E-state index < -0.39 is 34.4 Å². The Labute approximate surface area is 81.7 Å². The molecule has 0 saturated heterocycles. The van der Waals surface area contributed by atoms with E-state index in [9.17, 15) is 18.0 Å². The molecule has 0 radical (unpaired) electrons. The van der Waals surface area contributed by atoms with Crippen LogP contribution in [0.3, 0.4) is 0 Å². The van der Waals surface area contributed by atoms with Gasteiger partial charge in [0, 0.05) is 6.20 Å². The summed E-state index contributed by atoms with van der Waals surface area (Å²) in [4.78, 5) is 13.6. The Kier molecular flexibility index (Phi) is 2.95. The average molecular weight is 225 g/mol. The molecule has 1 amide bonds. The molecule has 0 saturated carbocycles. The highest BCUT2D eigenvalue weighted by Gasteiger charge is 2.21. The highest BCUT2D eigenvalue weighted by Crippen LogP contribution is 2.26. The Morgan fingerprint density at radius 1 is 1.57 bits per heavy atom. The second-order valence-corrected chi connectivity index (χ2v) is 2.73. The van der Waals surface area contributed by atoms with Gasteiger partial charge in [0.1, 0.15) is 5.69 Å². The maximum atomic E-state index is 13.0. The van der Waals surface area contributed by atoms with Crippen LogP contribution in [0, 0.1) is 5.82 Å². The molecule has 2 N–H and O–H groups in total. The molecule has 0 aromatic carbocycles. The SMILES string of the molecule is NC(=O)c1cnc(C(F)F)c(F)c1Cl. The lowest BCUT2D eigenvalue weighted by atomic mass is 10.2. The molecule has 0 unspecified atom stereocenters. The standard InChI is InChI=1S/C7H4ClF3N2O/c8-3-2(7(12)14)1-13-5(4(3)9)6(10)11/h1,6H,(H2,12,14). The van der Waals surface area contributed by atoms with Gasteiger partial charge in [-0.15, -0.1) is 0 Å². The molecule has 0 aliphatic rings. The summed E-state index contributed by atoms with van der Waals surface area (Å²) in [5, 5.41) is -0.734. The molecule has 1 rings (SSSR count). The lowest BCUT2D eigenvalue weighted by Gasteiger charge is -2.04. The van der Waals surface area contributed by atoms with Gasteiger partial charge in [-0.1, -0.05) is 11.6 Å². The van der Waals surface area contributed by atoms with E-state index in [1.165, 1.54) is 0 Å². The first kappa shape index (κ1) is 10.8. The zero-order chi connectivity index (χ0) is 10.9. The van der Waals surface area contributed by atoms with Crippen LogP contribution in [0.4, 0.5) is 13.2 Å². The van der Waals surface area contributed by atoms with Gasteiger partial charge in [-0.2, -0.15) is 0 Å². The van der Waals surface area contributed by atoms with Crippen LogP contribution in [0.5, 0.6) is 0 Å². The second-order valence-electron chi connectivity index (χ2n) is 2.35. The molecule has 1 aromatic rings. The number of pyridine rings is 1. The zero-order valence-corrected chi connectivity index (χ0v) is 7.36. The topological polar surface area (TPSA) is 56.0 Å². The number of carbonyl (C=O) groups excluding carboxylic acids is 1. The van der Waals surface area contributed by atoms with E-state index in [0.29, 0.717) is 0 Å². The summed E-state index contributed by atoms with van der Waals surface area (Å²) in [5.74, 6) is -2.44. The third-order valence-electron chi connectivity index (χ3n) is 1.46. The summed E-state index contributed by atoms with van der Waals surface area (Å²) in [7, 11) is 0. The Morgan fingerprint density at radius 3 is 2.57 bits per heavy atom. The number of nitrogens with two attached hydrogens (primary N) is 1. The maximum Gasteiger partial charge on any atom is 0.283 e. The van der Waals surface area contributed by atoms with E-state index in [1.807, 2.05) is 0 Å². The normalized spacial score (nSPS) is 10.6. The molecule has 0 spiro atoms. The predicted molar refractivity (Wildman–Crippen MR) is 42.7 cm³/mol. The number of hydrogen-bond donors (Lipinski definition) is 1. The van der Waals surface area contributed by atoms with Gasteiger partial charge in [-0.25, -0.2) is 13.2 Å². The van der Waals surface area contributed by atoms with E-state index in [-0.39, 0.29) is 0 Å². The smallest absolute Gasteiger partial charge is 0.283 e. The van der Waals surface area contributed by atoms with Crippen molar-refractivity contribution in [2.45, 2.75) is 6.43 Å². The van der Waals surface area contributed by atoms with E-state index in [0.717, 1.165) is 6.20 Å². The highest BCUT2D eigenvalue weighted by molar-refractivity contribution is 6.33. The molecule has 0 aliphatic heterocycles. The second kappa shape index (κ2) is 3.83. The number of halogens is 4. The minimum Gasteiger partial charge on any atom is -0.366 e. The van der Waals surface area contributed by atoms with Crippen molar-refractivity contribution in [2.24, 2.45) is 5.73 Å². The Hall–Kier alpha value is -1.30. The van der Waals surface area contributed by atoms with Gasteiger partial charge in [0.2, 0.25) is 0 Å². The Bertz CT molecular complexity index is 383. The quantitative estimate of drug-likeness (QED) is 0.834. The number of alkyl halides is 2. The molecule has 7 heteroatoms. The van der Waals surface area contributed by atoms with E-state index >= 15 is 0 Å². The van der Waals surface area contributed by atoms with Crippen LogP contribution in [0.1, 0.15) is 22.5 Å². The minimum atomic E-state index is -3.09. The maximum absolute atomic E-state index is 13.0. The monoisotopic (exact) mass is 224 g/mol. The first-order valence-corrected chi connectivity index (χ1v) is 3.74. The van der Waals surface area contributed by atoms with Crippen molar-refractivity contribution < 1.29 is 18.0 Å². The van der Waals surface area contributed by atoms with Crippen LogP contribution in [0.15, 0.2) is 6.20 Å². The average Bonchev–Trinajstić information content (AvgIpc) is 2.08. The van der Waals surface area contributed by atoms with Gasteiger partial charge in [0.25, 0.3) is 12.3 Å². The molecule has 0 fully saturated rings. The van der Waals surface area contributed by atoms with Crippen LogP contribution in [0.25, 0.3) is 0 Å². The van der Waals surface area contributed by atoms with Crippen molar-refractivity contribution in [2.75, 3.05) is 0 Å². The van der Waals surface area contributed by atoms with Crippen molar-refractivity contribution in [3.05, 3.63) is 28.3 Å². The lowest BCUT2D eigenvalue weighted by Crippen LogP contribution is -2.14. The Balaban J connectivity index is 3.33. The van der Waals surface area contributed by atoms with Crippen molar-refractivity contribution in [3.63, 3.8) is 0 Å². The van der Waals surface area contributed by atoms with Crippen LogP contribution in [0.2, 0.25) is 5.02 Å². The summed E-state index contributed by atoms with van der Waals surface area (Å²) in [6.45, 7) is 0. The molecular weight excluding hydrogens is 221 g/mol. The summed E-state index contributed by atoms with van der Waals surface area (Å²) >= 11 is 5.29. The fraction of sp³-hybridized carbons (Fsp3) is 0.143. The molecule has 76 valence electrons. The van der Waals surface area contributed by atoms with E-state index in [2.05, 4.69) is 4.98 Å². The molecule has 0 bridgehead atoms. The number of hydrogen-bond acceptors (Lipinski definition) is 2. The van der Waals surface area contributed by atoms with E-state index in [1.54, 1.807) is 0 Å². The third-order valence-corrected chi connectivity index (χ3v) is 1.83. The largest absolute Gasteiger partial charge is 0.366 e. The fourth-order valence-corrected chi connectivity index (χ4v) is 1.04. The van der Waals surface area contributed by atoms with Gasteiger partial charge < -0.3 is 5.73 Å². The summed E-state index contributed by atoms with van der Waals surface area (Å²) in [6.07, 6.45) is -2.37. The molecule has 0 atom stereocenters. The first-order valence-electron chi connectivity index (χ1n) is 3.37. The van der Waals surface area contributed by atoms with Crippen molar-refractivity contribution in [1.29, 1.82) is 0 Å². The van der Waals surface area contributed by atoms with Gasteiger partial charge in [0.15, 0.2) is 5.82 Å². The first-order chi connectivity index (χ1) is 6.45. The fourth-order valence-electron chi connectivity index (χ4n) is 0.802. The minimum absolute atomic E-state index is 0.423. The summed E-state index contributed by atoms with van der Waals surface area (Å²) < 4.78 is 37.1. The number of aromatic nitrogens is 1. The van der Waals surface area contributed by atoms with Crippen molar-refractivity contribution >= 4 is 17.5 Å². The molecule has 1 aromatic heterocycles. The summed E-state index contributed by atoms with van der Waals surface area (Å²) in [5.41, 5.74) is 3.27. The lowest BCUT2D eigenvalue weighted by molar-refractivity contribution is 0.0998. The van der Waals surface area contributed by atoms with Crippen LogP contribution < -0.4 is 5.73 Å². The Morgan fingerprint density at radius 2 is 2.14 bits per heavy atom. The van der Waals surface area contributed by atoms with Gasteiger partial charge in [-0.05, 0) is 0 Å². The third kappa shape index (κ3) is 1.79. The van der Waals surface area contributed by atoms with Crippen LogP contribution in [-0.4, -0.2) is 10.9 Å². The number of primary amides is 1. The molecular formula is C7H4ClF3N2O. The van der Waals surface area contributed by atoms with Crippen LogP contribution in [-0.2, 0) is 0 Å². The zero-order valence-electron chi connectivity index (χ0n) is 6.60. The van der Waals surface area contributed by atoms with Gasteiger partial charge in [-0.3, -0.25) is 9.78 Å². The molecule has 0 aliphatic carbocycles. The van der Waals surface area contributed by atoms with Gasteiger partial charge >= 0.3 is 0 Å². The van der Waals surface area contributed by atoms with Crippen molar-refractivity contribution in [1.82, 2.24) is 4.98 Å². The van der Waals surface area contributed by atoms with Crippen molar-refractivity contribution in [3.8, 4) is 0 Å². The number of carbonyl (C=O) groups is 1. The number of amides is 1. The van der Waals surface area contributed by atoms with Gasteiger partial charge in [0.05, 0.1) is 10.6 Å². The predicted octanol–water partition coefficient (Wildman–Crippen LogP) is 1.91. The summed E-state index contributed by atoms with van der Waals surface area (Å²) in [6, 6.07) is 0. The highest BCUT2D eigenvalue weighted by atomic mass is 35.5. The number of rotatable bonds is 2.